The first kappa shape index (κ1) is 15.6. The molecule has 2 aromatic rings. The Labute approximate surface area is 148 Å². The third-order valence-electron chi connectivity index (χ3n) is 5.03. The van der Waals surface area contributed by atoms with Crippen LogP contribution in [0.1, 0.15) is 31.7 Å². The van der Waals surface area contributed by atoms with Crippen LogP contribution in [-0.4, -0.2) is 33.6 Å². The molecule has 0 saturated heterocycles. The van der Waals surface area contributed by atoms with Crippen LogP contribution in [0.4, 0.5) is 0 Å². The molecule has 2 heterocycles. The van der Waals surface area contributed by atoms with Gasteiger partial charge in [0.1, 0.15) is 4.60 Å². The molecule has 0 unspecified atom stereocenters. The number of hydrogen-bond acceptors (Lipinski definition) is 4. The fourth-order valence-corrected chi connectivity index (χ4v) is 3.75. The van der Waals surface area contributed by atoms with Crippen LogP contribution in [-0.2, 0) is 16.9 Å². The third-order valence-corrected chi connectivity index (χ3v) is 5.62. The highest BCUT2D eigenvalue weighted by molar-refractivity contribution is 9.10. The summed E-state index contributed by atoms with van der Waals surface area (Å²) in [5, 5.41) is 5.70. The highest BCUT2D eigenvalue weighted by Gasteiger charge is 2.36. The number of carbonyl (C=O) groups is 1. The molecule has 7 heteroatoms. The molecule has 126 valence electrons. The normalized spacial score (nSPS) is 24.5. The molecule has 6 nitrogen and oxygen atoms in total. The number of nitrogens with two attached hydrogens (primary N) is 1. The molecule has 1 aromatic heterocycles. The minimum absolute atomic E-state index is 0.0160. The molecule has 1 fully saturated rings. The fraction of sp³-hybridized carbons (Fsp3) is 0.471. The molecule has 0 bridgehead atoms. The van der Waals surface area contributed by atoms with Gasteiger partial charge in [-0.3, -0.25) is 14.4 Å². The number of amides is 1. The Morgan fingerprint density at radius 1 is 1.42 bits per heavy atom. The van der Waals surface area contributed by atoms with Gasteiger partial charge in [0.05, 0.1) is 17.5 Å². The van der Waals surface area contributed by atoms with E-state index in [-0.39, 0.29) is 11.9 Å². The summed E-state index contributed by atoms with van der Waals surface area (Å²) in [6, 6.07) is 6.17. The summed E-state index contributed by atoms with van der Waals surface area (Å²) in [6.45, 7) is 2.90. The second kappa shape index (κ2) is 5.31. The number of hydrogen-bond donors (Lipinski definition) is 1. The Bertz CT molecular complexity index is 869. The van der Waals surface area contributed by atoms with Crippen molar-refractivity contribution in [2.45, 2.75) is 38.3 Å². The van der Waals surface area contributed by atoms with Crippen molar-refractivity contribution in [3.05, 3.63) is 28.4 Å². The fourth-order valence-electron chi connectivity index (χ4n) is 3.23. The molecular formula is C17H20BrN5O. The van der Waals surface area contributed by atoms with Gasteiger partial charge in [-0.1, -0.05) is 6.07 Å². The molecule has 1 aromatic carbocycles. The average molecular weight is 390 g/mol. The Balaban J connectivity index is 1.80. The van der Waals surface area contributed by atoms with Gasteiger partial charge in [0.25, 0.3) is 0 Å². The number of fused-ring (bicyclic) bond motifs is 1. The first-order chi connectivity index (χ1) is 11.4. The maximum absolute atomic E-state index is 12.2. The van der Waals surface area contributed by atoms with Crippen molar-refractivity contribution in [2.75, 3.05) is 7.05 Å². The molecule has 24 heavy (non-hydrogen) atoms. The van der Waals surface area contributed by atoms with Crippen LogP contribution in [0.3, 0.4) is 0 Å². The Hall–Kier alpha value is -1.89. The molecular weight excluding hydrogens is 370 g/mol. The summed E-state index contributed by atoms with van der Waals surface area (Å²) in [6.07, 6.45) is 2.86. The van der Waals surface area contributed by atoms with E-state index in [0.717, 1.165) is 33.5 Å². The summed E-state index contributed by atoms with van der Waals surface area (Å²) >= 11 is 3.55. The molecule has 1 amide bonds. The monoisotopic (exact) mass is 389 g/mol. The van der Waals surface area contributed by atoms with Gasteiger partial charge >= 0.3 is 0 Å². The second-order valence-electron chi connectivity index (χ2n) is 7.02. The average Bonchev–Trinajstić information content (AvgIpc) is 3.29. The number of rotatable bonds is 3. The van der Waals surface area contributed by atoms with Gasteiger partial charge in [0, 0.05) is 19.0 Å². The van der Waals surface area contributed by atoms with Gasteiger partial charge in [0.15, 0.2) is 5.96 Å². The van der Waals surface area contributed by atoms with Crippen LogP contribution in [0.5, 0.6) is 0 Å². The van der Waals surface area contributed by atoms with Gasteiger partial charge in [0.2, 0.25) is 5.91 Å². The lowest BCUT2D eigenvalue weighted by Gasteiger charge is -2.33. The van der Waals surface area contributed by atoms with Crippen molar-refractivity contribution in [3.63, 3.8) is 0 Å². The number of nitrogens with zero attached hydrogens (tertiary/aromatic N) is 4. The molecule has 1 atom stereocenters. The molecule has 0 spiro atoms. The van der Waals surface area contributed by atoms with Gasteiger partial charge in [-0.05, 0) is 59.3 Å². The zero-order valence-electron chi connectivity index (χ0n) is 13.8. The van der Waals surface area contributed by atoms with Crippen LogP contribution in [0, 0.1) is 5.92 Å². The number of aromatic nitrogens is 2. The molecule has 1 aliphatic heterocycles. The summed E-state index contributed by atoms with van der Waals surface area (Å²) in [7, 11) is 1.66. The lowest BCUT2D eigenvalue weighted by Crippen LogP contribution is -2.47. The first-order valence-corrected chi connectivity index (χ1v) is 8.95. The van der Waals surface area contributed by atoms with E-state index in [1.54, 1.807) is 7.05 Å². The second-order valence-corrected chi connectivity index (χ2v) is 7.77. The molecule has 1 aliphatic carbocycles. The maximum atomic E-state index is 12.2. The van der Waals surface area contributed by atoms with Gasteiger partial charge in [-0.15, -0.1) is 0 Å². The minimum Gasteiger partial charge on any atom is -0.369 e. The van der Waals surface area contributed by atoms with Crippen molar-refractivity contribution in [1.29, 1.82) is 0 Å². The van der Waals surface area contributed by atoms with E-state index < -0.39 is 5.54 Å². The van der Waals surface area contributed by atoms with Crippen LogP contribution in [0.15, 0.2) is 27.8 Å². The van der Waals surface area contributed by atoms with E-state index >= 15 is 0 Å². The highest BCUT2D eigenvalue weighted by atomic mass is 79.9. The van der Waals surface area contributed by atoms with Gasteiger partial charge in [-0.25, -0.2) is 4.99 Å². The summed E-state index contributed by atoms with van der Waals surface area (Å²) < 4.78 is 2.92. The van der Waals surface area contributed by atoms with E-state index in [1.807, 2.05) is 19.1 Å². The summed E-state index contributed by atoms with van der Waals surface area (Å²) in [5.41, 5.74) is 7.36. The largest absolute Gasteiger partial charge is 0.369 e. The van der Waals surface area contributed by atoms with E-state index in [2.05, 4.69) is 36.8 Å². The zero-order valence-corrected chi connectivity index (χ0v) is 15.4. The lowest BCUT2D eigenvalue weighted by molar-refractivity contribution is -0.128. The van der Waals surface area contributed by atoms with Crippen LogP contribution in [0.25, 0.3) is 10.9 Å². The molecule has 1 saturated carbocycles. The lowest BCUT2D eigenvalue weighted by atomic mass is 9.87. The predicted octanol–water partition coefficient (Wildman–Crippen LogP) is 2.60. The zero-order chi connectivity index (χ0) is 17.1. The number of benzene rings is 1. The Morgan fingerprint density at radius 2 is 2.17 bits per heavy atom. The summed E-state index contributed by atoms with van der Waals surface area (Å²) in [4.78, 5) is 18.2. The van der Waals surface area contributed by atoms with Crippen LogP contribution < -0.4 is 5.73 Å². The van der Waals surface area contributed by atoms with E-state index in [0.29, 0.717) is 6.42 Å². The number of guanidine groups is 1. The molecule has 4 rings (SSSR count). The van der Waals surface area contributed by atoms with E-state index in [4.69, 9.17) is 5.73 Å². The van der Waals surface area contributed by atoms with Crippen LogP contribution >= 0.6 is 15.9 Å². The van der Waals surface area contributed by atoms with Crippen LogP contribution in [0.2, 0.25) is 0 Å². The van der Waals surface area contributed by atoms with Crippen molar-refractivity contribution in [2.24, 2.45) is 16.6 Å². The van der Waals surface area contributed by atoms with Crippen molar-refractivity contribution >= 4 is 38.7 Å². The van der Waals surface area contributed by atoms with Crippen molar-refractivity contribution < 1.29 is 4.79 Å². The first-order valence-electron chi connectivity index (χ1n) is 8.16. The summed E-state index contributed by atoms with van der Waals surface area (Å²) in [5.74, 6) is 0.983. The smallest absolute Gasteiger partial charge is 0.231 e. The topological polar surface area (TPSA) is 76.5 Å². The number of carbonyl (C=O) groups excluding carboxylic acids is 1. The Kier molecular flexibility index (Phi) is 3.46. The van der Waals surface area contributed by atoms with Crippen molar-refractivity contribution in [1.82, 2.24) is 14.7 Å². The minimum atomic E-state index is -0.636. The standard InChI is InChI=1S/C17H20BrN5O/c1-17(8-14(24)22(2)16(19)20-17)11-5-6-12-13(7-11)23(21-15(12)18)9-10-3-4-10/h5-7,10H,3-4,8-9H2,1-2H3,(H2,19,20)/t17-/m0/s1. The maximum Gasteiger partial charge on any atom is 0.231 e. The van der Waals surface area contributed by atoms with Crippen molar-refractivity contribution in [3.8, 4) is 0 Å². The highest BCUT2D eigenvalue weighted by Crippen LogP contribution is 2.37. The predicted molar refractivity (Wildman–Crippen MR) is 96.5 cm³/mol. The quantitative estimate of drug-likeness (QED) is 0.875. The number of halogens is 1. The van der Waals surface area contributed by atoms with E-state index in [9.17, 15) is 4.79 Å². The molecule has 2 N–H and O–H groups in total. The van der Waals surface area contributed by atoms with Gasteiger partial charge in [-0.2, -0.15) is 5.10 Å². The van der Waals surface area contributed by atoms with E-state index in [1.165, 1.54) is 17.7 Å². The Morgan fingerprint density at radius 3 is 2.83 bits per heavy atom. The number of aliphatic imine (C=N–C) groups is 1. The third kappa shape index (κ3) is 2.51. The molecule has 0 radical (unpaired) electrons. The SMILES string of the molecule is CN1C(=O)C[C@@](C)(c2ccc3c(Br)nn(CC4CC4)c3c2)N=C1N. The molecule has 2 aliphatic rings. The van der Waals surface area contributed by atoms with Gasteiger partial charge < -0.3 is 5.73 Å².